The first-order valence-electron chi connectivity index (χ1n) is 7.95. The monoisotopic (exact) mass is 359 g/mol. The van der Waals surface area contributed by atoms with Gasteiger partial charge >= 0.3 is 5.97 Å². The van der Waals surface area contributed by atoms with Crippen LogP contribution < -0.4 is 19.9 Å². The van der Waals surface area contributed by atoms with Crippen LogP contribution in [0.2, 0.25) is 0 Å². The van der Waals surface area contributed by atoms with Gasteiger partial charge in [0.05, 0.1) is 12.7 Å². The molecule has 2 N–H and O–H groups in total. The molecule has 0 heterocycles. The molecule has 26 heavy (non-hydrogen) atoms. The molecular weight excluding hydrogens is 338 g/mol. The maximum atomic E-state index is 12.1. The van der Waals surface area contributed by atoms with Gasteiger partial charge in [0.1, 0.15) is 19.0 Å². The van der Waals surface area contributed by atoms with Crippen molar-refractivity contribution in [3.8, 4) is 17.2 Å². The number of primary amides is 1. The first-order valence-corrected chi connectivity index (χ1v) is 7.95. The highest BCUT2D eigenvalue weighted by molar-refractivity contribution is 5.90. The predicted molar refractivity (Wildman–Crippen MR) is 94.6 cm³/mol. The summed E-state index contributed by atoms with van der Waals surface area (Å²) in [7, 11) is 1.43. The third-order valence-electron chi connectivity index (χ3n) is 3.34. The van der Waals surface area contributed by atoms with Gasteiger partial charge in [0, 0.05) is 0 Å². The van der Waals surface area contributed by atoms with Crippen LogP contribution in [0.5, 0.6) is 17.2 Å². The molecule has 1 amide bonds. The smallest absolute Gasteiger partial charge is 0.338 e. The molecule has 0 unspecified atom stereocenters. The van der Waals surface area contributed by atoms with E-state index in [0.717, 1.165) is 11.3 Å². The van der Waals surface area contributed by atoms with Crippen LogP contribution in [0.3, 0.4) is 0 Å². The first-order chi connectivity index (χ1) is 12.5. The summed E-state index contributed by atoms with van der Waals surface area (Å²) in [6.45, 7) is 2.04. The van der Waals surface area contributed by atoms with Crippen molar-refractivity contribution < 1.29 is 28.5 Å². The van der Waals surface area contributed by atoms with E-state index in [4.69, 9.17) is 24.7 Å². The molecule has 2 rings (SSSR count). The van der Waals surface area contributed by atoms with E-state index in [1.807, 2.05) is 31.2 Å². The van der Waals surface area contributed by atoms with Gasteiger partial charge in [-0.25, -0.2) is 4.79 Å². The number of amides is 1. The fourth-order valence-corrected chi connectivity index (χ4v) is 2.15. The molecule has 0 fully saturated rings. The lowest BCUT2D eigenvalue weighted by atomic mass is 10.2. The Morgan fingerprint density at radius 3 is 2.50 bits per heavy atom. The van der Waals surface area contributed by atoms with E-state index >= 15 is 0 Å². The highest BCUT2D eigenvalue weighted by Gasteiger charge is 2.13. The van der Waals surface area contributed by atoms with Crippen LogP contribution >= 0.6 is 0 Å². The van der Waals surface area contributed by atoms with Gasteiger partial charge in [0.15, 0.2) is 18.1 Å². The highest BCUT2D eigenvalue weighted by atomic mass is 16.6. The Morgan fingerprint density at radius 2 is 1.81 bits per heavy atom. The van der Waals surface area contributed by atoms with Crippen LogP contribution in [0.15, 0.2) is 42.5 Å². The molecule has 0 aromatic heterocycles. The molecule has 7 heteroatoms. The molecule has 0 spiro atoms. The van der Waals surface area contributed by atoms with Crippen molar-refractivity contribution >= 4 is 11.9 Å². The molecule has 0 aliphatic heterocycles. The van der Waals surface area contributed by atoms with Crippen molar-refractivity contribution in [2.24, 2.45) is 5.73 Å². The van der Waals surface area contributed by atoms with E-state index in [9.17, 15) is 9.59 Å². The zero-order valence-electron chi connectivity index (χ0n) is 14.7. The number of methoxy groups -OCH3 is 1. The number of rotatable bonds is 9. The average Bonchev–Trinajstić information content (AvgIpc) is 2.63. The van der Waals surface area contributed by atoms with Crippen molar-refractivity contribution in [2.75, 3.05) is 26.9 Å². The third kappa shape index (κ3) is 5.70. The minimum Gasteiger partial charge on any atom is -0.493 e. The summed E-state index contributed by atoms with van der Waals surface area (Å²) in [6, 6.07) is 12.1. The summed E-state index contributed by atoms with van der Waals surface area (Å²) in [6.07, 6.45) is 0. The minimum atomic E-state index is -0.607. The minimum absolute atomic E-state index is 0.106. The number of hydrogen-bond donors (Lipinski definition) is 1. The molecule has 138 valence electrons. The molecule has 0 aliphatic rings. The van der Waals surface area contributed by atoms with Crippen LogP contribution in [0.25, 0.3) is 0 Å². The highest BCUT2D eigenvalue weighted by Crippen LogP contribution is 2.28. The maximum Gasteiger partial charge on any atom is 0.338 e. The van der Waals surface area contributed by atoms with E-state index in [1.54, 1.807) is 0 Å². The van der Waals surface area contributed by atoms with Gasteiger partial charge in [-0.3, -0.25) is 4.79 Å². The quantitative estimate of drug-likeness (QED) is 0.544. The van der Waals surface area contributed by atoms with Crippen LogP contribution in [-0.2, 0) is 9.53 Å². The number of hydrogen-bond acceptors (Lipinski definition) is 6. The van der Waals surface area contributed by atoms with E-state index in [2.05, 4.69) is 0 Å². The molecule has 0 aliphatic carbocycles. The number of benzene rings is 2. The number of carbonyl (C=O) groups is 2. The van der Waals surface area contributed by atoms with Crippen molar-refractivity contribution in [1.82, 2.24) is 0 Å². The number of carbonyl (C=O) groups excluding carboxylic acids is 2. The van der Waals surface area contributed by atoms with E-state index in [1.165, 1.54) is 25.3 Å². The SMILES string of the molecule is COc1cc(C(=O)OCCOc2cccc(C)c2)ccc1OCC(N)=O. The zero-order valence-corrected chi connectivity index (χ0v) is 14.7. The van der Waals surface area contributed by atoms with Gasteiger partial charge in [-0.1, -0.05) is 12.1 Å². The number of nitrogens with two attached hydrogens (primary N) is 1. The summed E-state index contributed by atoms with van der Waals surface area (Å²) in [5.41, 5.74) is 6.42. The standard InChI is InChI=1S/C19H21NO6/c1-13-4-3-5-15(10-13)24-8-9-25-19(22)14-6-7-16(17(11-14)23-2)26-12-18(20)21/h3-7,10-11H,8-9,12H2,1-2H3,(H2,20,21). The Morgan fingerprint density at radius 1 is 1.00 bits per heavy atom. The molecule has 7 nitrogen and oxygen atoms in total. The van der Waals surface area contributed by atoms with Crippen molar-refractivity contribution in [2.45, 2.75) is 6.92 Å². The molecular formula is C19H21NO6. The molecule has 0 bridgehead atoms. The lowest BCUT2D eigenvalue weighted by Crippen LogP contribution is -2.20. The fraction of sp³-hybridized carbons (Fsp3) is 0.263. The average molecular weight is 359 g/mol. The summed E-state index contributed by atoms with van der Waals surface area (Å²) >= 11 is 0. The van der Waals surface area contributed by atoms with Crippen LogP contribution in [0, 0.1) is 6.92 Å². The Bertz CT molecular complexity index is 774. The van der Waals surface area contributed by atoms with Crippen molar-refractivity contribution in [1.29, 1.82) is 0 Å². The van der Waals surface area contributed by atoms with Crippen LogP contribution in [0.1, 0.15) is 15.9 Å². The van der Waals surface area contributed by atoms with Gasteiger partial charge in [0.2, 0.25) is 0 Å². The summed E-state index contributed by atoms with van der Waals surface area (Å²) in [5, 5.41) is 0. The molecule has 0 saturated heterocycles. The first kappa shape index (κ1) is 19.1. The van der Waals surface area contributed by atoms with Crippen LogP contribution in [-0.4, -0.2) is 38.8 Å². The predicted octanol–water partition coefficient (Wildman–Crippen LogP) is 2.10. The lowest BCUT2D eigenvalue weighted by Gasteiger charge is -2.11. The zero-order chi connectivity index (χ0) is 18.9. The van der Waals surface area contributed by atoms with Crippen molar-refractivity contribution in [3.05, 3.63) is 53.6 Å². The molecule has 0 saturated carbocycles. The Labute approximate surface area is 151 Å². The summed E-state index contributed by atoms with van der Waals surface area (Å²) < 4.78 is 21.1. The number of ether oxygens (including phenoxy) is 4. The molecule has 2 aromatic rings. The molecule has 0 radical (unpaired) electrons. The second kappa shape index (κ2) is 9.31. The number of esters is 1. The van der Waals surface area contributed by atoms with Gasteiger partial charge in [-0.2, -0.15) is 0 Å². The van der Waals surface area contributed by atoms with E-state index in [-0.39, 0.29) is 19.8 Å². The van der Waals surface area contributed by atoms with E-state index < -0.39 is 11.9 Å². The molecule has 2 aromatic carbocycles. The second-order valence-electron chi connectivity index (χ2n) is 5.42. The van der Waals surface area contributed by atoms with Crippen molar-refractivity contribution in [3.63, 3.8) is 0 Å². The largest absolute Gasteiger partial charge is 0.493 e. The van der Waals surface area contributed by atoms with Gasteiger partial charge in [-0.05, 0) is 42.8 Å². The van der Waals surface area contributed by atoms with Crippen LogP contribution in [0.4, 0.5) is 0 Å². The Kier molecular flexibility index (Phi) is 6.84. The Balaban J connectivity index is 1.87. The van der Waals surface area contributed by atoms with E-state index in [0.29, 0.717) is 17.1 Å². The topological polar surface area (TPSA) is 97.1 Å². The van der Waals surface area contributed by atoms with Gasteiger partial charge in [0.25, 0.3) is 5.91 Å². The summed E-state index contributed by atoms with van der Waals surface area (Å²) in [5.74, 6) is 0.211. The summed E-state index contributed by atoms with van der Waals surface area (Å²) in [4.78, 5) is 22.9. The van der Waals surface area contributed by atoms with Gasteiger partial charge in [-0.15, -0.1) is 0 Å². The fourth-order valence-electron chi connectivity index (χ4n) is 2.15. The molecule has 0 atom stereocenters. The third-order valence-corrected chi connectivity index (χ3v) is 3.34. The second-order valence-corrected chi connectivity index (χ2v) is 5.42. The maximum absolute atomic E-state index is 12.1. The van der Waals surface area contributed by atoms with Gasteiger partial charge < -0.3 is 24.7 Å². The Hall–Kier alpha value is -3.22. The lowest BCUT2D eigenvalue weighted by molar-refractivity contribution is -0.119. The normalized spacial score (nSPS) is 10.1. The number of aryl methyl sites for hydroxylation is 1.